The molecule has 6 heteroatoms. The molecule has 0 atom stereocenters. The lowest BCUT2D eigenvalue weighted by Gasteiger charge is -2.16. The highest BCUT2D eigenvalue weighted by atomic mass is 32.1. The normalized spacial score (nSPS) is 14.2. The Labute approximate surface area is 119 Å². The van der Waals surface area contributed by atoms with Gasteiger partial charge >= 0.3 is 0 Å². The maximum absolute atomic E-state index is 5.35. The van der Waals surface area contributed by atoms with Crippen LogP contribution in [-0.4, -0.2) is 21.7 Å². The number of hydrogen-bond donors (Lipinski definition) is 1. The molecule has 3 aromatic rings. The van der Waals surface area contributed by atoms with E-state index in [1.807, 2.05) is 11.4 Å². The van der Waals surface area contributed by atoms with Gasteiger partial charge in [-0.05, 0) is 36.2 Å². The summed E-state index contributed by atoms with van der Waals surface area (Å²) in [4.78, 5) is 8.61. The summed E-state index contributed by atoms with van der Waals surface area (Å²) < 4.78 is 5.35. The molecule has 0 aliphatic carbocycles. The van der Waals surface area contributed by atoms with Crippen molar-refractivity contribution in [1.29, 1.82) is 0 Å². The van der Waals surface area contributed by atoms with Crippen molar-refractivity contribution < 1.29 is 4.52 Å². The summed E-state index contributed by atoms with van der Waals surface area (Å²) in [5, 5.41) is 9.27. The van der Waals surface area contributed by atoms with Crippen molar-refractivity contribution in [1.82, 2.24) is 20.4 Å². The minimum Gasteiger partial charge on any atom is -0.334 e. The van der Waals surface area contributed by atoms with E-state index in [1.54, 1.807) is 5.51 Å². The van der Waals surface area contributed by atoms with Crippen molar-refractivity contribution in [2.24, 2.45) is 0 Å². The summed E-state index contributed by atoms with van der Waals surface area (Å²) in [6, 6.07) is 6.32. The summed E-state index contributed by atoms with van der Waals surface area (Å²) in [7, 11) is 0. The Bertz CT molecular complexity index is 735. The Morgan fingerprint density at radius 3 is 3.15 bits per heavy atom. The molecule has 20 heavy (non-hydrogen) atoms. The fraction of sp³-hybridized carbons (Fsp3) is 0.214. The Morgan fingerprint density at radius 2 is 2.25 bits per heavy atom. The van der Waals surface area contributed by atoms with E-state index in [0.29, 0.717) is 11.7 Å². The number of aromatic nitrogens is 3. The minimum atomic E-state index is 0.539. The molecule has 1 aliphatic heterocycles. The van der Waals surface area contributed by atoms with Gasteiger partial charge in [0.15, 0.2) is 0 Å². The van der Waals surface area contributed by atoms with Gasteiger partial charge in [-0.15, -0.1) is 11.3 Å². The monoisotopic (exact) mass is 284 g/mol. The topological polar surface area (TPSA) is 63.8 Å². The van der Waals surface area contributed by atoms with Gasteiger partial charge in [-0.25, -0.2) is 4.98 Å². The molecule has 1 aromatic carbocycles. The fourth-order valence-corrected chi connectivity index (χ4v) is 2.91. The van der Waals surface area contributed by atoms with Crippen molar-refractivity contribution in [2.45, 2.75) is 13.0 Å². The van der Waals surface area contributed by atoms with Crippen LogP contribution in [0.2, 0.25) is 0 Å². The third kappa shape index (κ3) is 2.03. The fourth-order valence-electron chi connectivity index (χ4n) is 2.38. The number of rotatable bonds is 2. The highest BCUT2D eigenvalue weighted by Crippen LogP contribution is 2.25. The van der Waals surface area contributed by atoms with E-state index in [2.05, 4.69) is 32.6 Å². The number of nitrogens with one attached hydrogen (secondary N) is 1. The lowest BCUT2D eigenvalue weighted by molar-refractivity contribution is 0.432. The van der Waals surface area contributed by atoms with Crippen molar-refractivity contribution in [3.05, 3.63) is 40.2 Å². The second-order valence-corrected chi connectivity index (χ2v) is 5.43. The van der Waals surface area contributed by atoms with Gasteiger partial charge in [0.1, 0.15) is 5.69 Å². The predicted octanol–water partition coefficient (Wildman–Crippen LogP) is 2.51. The van der Waals surface area contributed by atoms with E-state index in [-0.39, 0.29) is 0 Å². The zero-order chi connectivity index (χ0) is 13.4. The quantitative estimate of drug-likeness (QED) is 0.783. The zero-order valence-electron chi connectivity index (χ0n) is 10.7. The third-order valence-electron chi connectivity index (χ3n) is 3.43. The molecule has 0 unspecified atom stereocenters. The number of hydrogen-bond acceptors (Lipinski definition) is 6. The van der Waals surface area contributed by atoms with Gasteiger partial charge < -0.3 is 9.84 Å². The lowest BCUT2D eigenvalue weighted by atomic mass is 9.98. The summed E-state index contributed by atoms with van der Waals surface area (Å²) >= 11 is 1.52. The van der Waals surface area contributed by atoms with Gasteiger partial charge in [-0.2, -0.15) is 4.98 Å². The SMILES string of the molecule is c1nc(-c2noc(-c3ccc4c(c3)CNCC4)n2)cs1. The molecule has 100 valence electrons. The maximum Gasteiger partial charge on any atom is 0.258 e. The standard InChI is InChI=1S/C14H12N4OS/c1-2-10(5-11-6-15-4-3-9(1)11)14-17-13(18-19-14)12-7-20-8-16-12/h1-2,5,7-8,15H,3-4,6H2. The maximum atomic E-state index is 5.35. The second-order valence-electron chi connectivity index (χ2n) is 4.71. The molecule has 0 amide bonds. The van der Waals surface area contributed by atoms with Gasteiger partial charge in [0.25, 0.3) is 5.89 Å². The van der Waals surface area contributed by atoms with Crippen LogP contribution < -0.4 is 5.32 Å². The largest absolute Gasteiger partial charge is 0.334 e. The van der Waals surface area contributed by atoms with Crippen molar-refractivity contribution in [3.63, 3.8) is 0 Å². The summed E-state index contributed by atoms with van der Waals surface area (Å²) in [6.07, 6.45) is 1.07. The van der Waals surface area contributed by atoms with E-state index in [0.717, 1.165) is 30.8 Å². The number of thiazole rings is 1. The molecule has 3 heterocycles. The van der Waals surface area contributed by atoms with Gasteiger partial charge in [0.2, 0.25) is 5.82 Å². The van der Waals surface area contributed by atoms with Crippen LogP contribution >= 0.6 is 11.3 Å². The van der Waals surface area contributed by atoms with Gasteiger partial charge in [0.05, 0.1) is 5.51 Å². The first kappa shape index (κ1) is 11.7. The van der Waals surface area contributed by atoms with E-state index >= 15 is 0 Å². The average molecular weight is 284 g/mol. The van der Waals surface area contributed by atoms with Crippen LogP contribution in [0.1, 0.15) is 11.1 Å². The molecule has 0 fully saturated rings. The van der Waals surface area contributed by atoms with Gasteiger partial charge in [0, 0.05) is 17.5 Å². The third-order valence-corrected chi connectivity index (χ3v) is 4.01. The van der Waals surface area contributed by atoms with Crippen LogP contribution in [0, 0.1) is 0 Å². The van der Waals surface area contributed by atoms with E-state index in [1.165, 1.54) is 22.5 Å². The molecule has 2 aromatic heterocycles. The molecule has 0 spiro atoms. The number of benzene rings is 1. The Morgan fingerprint density at radius 1 is 1.25 bits per heavy atom. The van der Waals surface area contributed by atoms with Crippen LogP contribution in [0.25, 0.3) is 23.0 Å². The first-order chi connectivity index (χ1) is 9.90. The predicted molar refractivity (Wildman–Crippen MR) is 76.3 cm³/mol. The smallest absolute Gasteiger partial charge is 0.258 e. The van der Waals surface area contributed by atoms with Crippen LogP contribution in [0.3, 0.4) is 0 Å². The van der Waals surface area contributed by atoms with E-state index in [9.17, 15) is 0 Å². The molecular weight excluding hydrogens is 272 g/mol. The molecule has 0 radical (unpaired) electrons. The number of fused-ring (bicyclic) bond motifs is 1. The average Bonchev–Trinajstić information content (AvgIpc) is 3.17. The molecule has 4 rings (SSSR count). The van der Waals surface area contributed by atoms with Crippen molar-refractivity contribution in [2.75, 3.05) is 6.54 Å². The Hall–Kier alpha value is -2.05. The molecule has 0 saturated heterocycles. The summed E-state index contributed by atoms with van der Waals surface area (Å²) in [5.41, 5.74) is 6.18. The molecule has 0 saturated carbocycles. The number of nitrogens with zero attached hydrogens (tertiary/aromatic N) is 3. The molecule has 0 bridgehead atoms. The second kappa shape index (κ2) is 4.81. The van der Waals surface area contributed by atoms with Crippen LogP contribution in [0.15, 0.2) is 33.6 Å². The molecule has 1 N–H and O–H groups in total. The minimum absolute atomic E-state index is 0.539. The zero-order valence-corrected chi connectivity index (χ0v) is 11.5. The van der Waals surface area contributed by atoms with Crippen LogP contribution in [0.5, 0.6) is 0 Å². The van der Waals surface area contributed by atoms with Crippen LogP contribution in [0.4, 0.5) is 0 Å². The first-order valence-corrected chi connectivity index (χ1v) is 7.39. The van der Waals surface area contributed by atoms with E-state index < -0.39 is 0 Å². The Kier molecular flexibility index (Phi) is 2.82. The lowest BCUT2D eigenvalue weighted by Crippen LogP contribution is -2.23. The highest BCUT2D eigenvalue weighted by Gasteiger charge is 2.14. The highest BCUT2D eigenvalue weighted by molar-refractivity contribution is 7.07. The molecule has 5 nitrogen and oxygen atoms in total. The summed E-state index contributed by atoms with van der Waals surface area (Å²) in [6.45, 7) is 1.94. The Balaban J connectivity index is 1.71. The van der Waals surface area contributed by atoms with Crippen LogP contribution in [-0.2, 0) is 13.0 Å². The van der Waals surface area contributed by atoms with Crippen molar-refractivity contribution in [3.8, 4) is 23.0 Å². The van der Waals surface area contributed by atoms with Crippen molar-refractivity contribution >= 4 is 11.3 Å². The molecule has 1 aliphatic rings. The first-order valence-electron chi connectivity index (χ1n) is 6.45. The van der Waals surface area contributed by atoms with Gasteiger partial charge in [-0.3, -0.25) is 0 Å². The van der Waals surface area contributed by atoms with E-state index in [4.69, 9.17) is 4.52 Å². The summed E-state index contributed by atoms with van der Waals surface area (Å²) in [5.74, 6) is 1.08. The molecular formula is C14H12N4OS. The van der Waals surface area contributed by atoms with Gasteiger partial charge in [-0.1, -0.05) is 11.2 Å².